The Morgan fingerprint density at radius 1 is 1.42 bits per heavy atom. The SMILES string of the molecule is CC(C)(C)OC(=O)N1CC(O)(Cc2ccncc2)C1. The van der Waals surface area contributed by atoms with E-state index in [2.05, 4.69) is 4.98 Å². The fourth-order valence-corrected chi connectivity index (χ4v) is 2.11. The summed E-state index contributed by atoms with van der Waals surface area (Å²) in [7, 11) is 0. The number of ether oxygens (including phenoxy) is 1. The lowest BCUT2D eigenvalue weighted by Crippen LogP contribution is -2.65. The highest BCUT2D eigenvalue weighted by atomic mass is 16.6. The zero-order chi connectivity index (χ0) is 14.1. The molecule has 19 heavy (non-hydrogen) atoms. The second kappa shape index (κ2) is 4.81. The number of hydrogen-bond donors (Lipinski definition) is 1. The van der Waals surface area contributed by atoms with Crippen molar-refractivity contribution in [2.45, 2.75) is 38.4 Å². The van der Waals surface area contributed by atoms with Crippen LogP contribution < -0.4 is 0 Å². The number of aliphatic hydroxyl groups is 1. The summed E-state index contributed by atoms with van der Waals surface area (Å²) in [5, 5.41) is 10.3. The van der Waals surface area contributed by atoms with Crippen molar-refractivity contribution in [3.05, 3.63) is 30.1 Å². The van der Waals surface area contributed by atoms with Gasteiger partial charge in [0.1, 0.15) is 11.2 Å². The van der Waals surface area contributed by atoms with Crippen molar-refractivity contribution >= 4 is 6.09 Å². The van der Waals surface area contributed by atoms with Crippen molar-refractivity contribution in [2.24, 2.45) is 0 Å². The summed E-state index contributed by atoms with van der Waals surface area (Å²) in [4.78, 5) is 17.2. The van der Waals surface area contributed by atoms with Crippen LogP contribution in [0.1, 0.15) is 26.3 Å². The molecule has 1 aliphatic rings. The monoisotopic (exact) mass is 264 g/mol. The highest BCUT2D eigenvalue weighted by Gasteiger charge is 2.44. The Labute approximate surface area is 113 Å². The van der Waals surface area contributed by atoms with Crippen molar-refractivity contribution < 1.29 is 14.6 Å². The predicted octanol–water partition coefficient (Wildman–Crippen LogP) is 1.61. The highest BCUT2D eigenvalue weighted by Crippen LogP contribution is 2.26. The molecule has 104 valence electrons. The van der Waals surface area contributed by atoms with E-state index >= 15 is 0 Å². The van der Waals surface area contributed by atoms with E-state index < -0.39 is 11.2 Å². The average Bonchev–Trinajstić information content (AvgIpc) is 2.24. The van der Waals surface area contributed by atoms with Gasteiger partial charge in [0.05, 0.1) is 13.1 Å². The number of amides is 1. The molecule has 1 aliphatic heterocycles. The maximum absolute atomic E-state index is 11.8. The third-order valence-corrected chi connectivity index (χ3v) is 2.90. The topological polar surface area (TPSA) is 62.7 Å². The molecule has 0 aliphatic carbocycles. The zero-order valence-corrected chi connectivity index (χ0v) is 11.6. The Morgan fingerprint density at radius 2 is 2.00 bits per heavy atom. The van der Waals surface area contributed by atoms with Gasteiger partial charge in [0, 0.05) is 18.8 Å². The molecule has 0 aromatic carbocycles. The Kier molecular flexibility index (Phi) is 3.49. The van der Waals surface area contributed by atoms with E-state index in [0.29, 0.717) is 19.5 Å². The molecule has 0 saturated carbocycles. The fraction of sp³-hybridized carbons (Fsp3) is 0.571. The van der Waals surface area contributed by atoms with Crippen LogP contribution in [0, 0.1) is 0 Å². The van der Waals surface area contributed by atoms with Gasteiger partial charge in [-0.15, -0.1) is 0 Å². The summed E-state index contributed by atoms with van der Waals surface area (Å²) in [5.74, 6) is 0. The van der Waals surface area contributed by atoms with E-state index in [-0.39, 0.29) is 6.09 Å². The maximum Gasteiger partial charge on any atom is 0.410 e. The molecular formula is C14H20N2O3. The van der Waals surface area contributed by atoms with Crippen LogP contribution in [0.5, 0.6) is 0 Å². The number of carbonyl (C=O) groups is 1. The van der Waals surface area contributed by atoms with E-state index in [1.54, 1.807) is 12.4 Å². The molecular weight excluding hydrogens is 244 g/mol. The van der Waals surface area contributed by atoms with Crippen molar-refractivity contribution in [3.63, 3.8) is 0 Å². The molecule has 0 radical (unpaired) electrons. The first-order valence-corrected chi connectivity index (χ1v) is 6.37. The van der Waals surface area contributed by atoms with Gasteiger partial charge in [-0.25, -0.2) is 4.79 Å². The number of β-amino-alcohol motifs (C(OH)–C–C–N with tert-alkyl or cyclic N) is 1. The lowest BCUT2D eigenvalue weighted by Gasteiger charge is -2.46. The normalized spacial score (nSPS) is 17.8. The van der Waals surface area contributed by atoms with Crippen LogP contribution >= 0.6 is 0 Å². The smallest absolute Gasteiger partial charge is 0.410 e. The average molecular weight is 264 g/mol. The molecule has 0 atom stereocenters. The quantitative estimate of drug-likeness (QED) is 0.881. The van der Waals surface area contributed by atoms with Crippen molar-refractivity contribution in [1.29, 1.82) is 0 Å². The number of pyridine rings is 1. The minimum Gasteiger partial charge on any atom is -0.444 e. The summed E-state index contributed by atoms with van der Waals surface area (Å²) in [6, 6.07) is 3.74. The summed E-state index contributed by atoms with van der Waals surface area (Å²) >= 11 is 0. The molecule has 2 rings (SSSR count). The Morgan fingerprint density at radius 3 is 2.53 bits per heavy atom. The number of likely N-dealkylation sites (tertiary alicyclic amines) is 1. The van der Waals surface area contributed by atoms with E-state index in [1.807, 2.05) is 32.9 Å². The van der Waals surface area contributed by atoms with Crippen molar-refractivity contribution in [3.8, 4) is 0 Å². The van der Waals surface area contributed by atoms with Gasteiger partial charge in [0.2, 0.25) is 0 Å². The molecule has 0 bridgehead atoms. The lowest BCUT2D eigenvalue weighted by molar-refractivity contribution is -0.0973. The molecule has 2 heterocycles. The first kappa shape index (κ1) is 13.8. The summed E-state index contributed by atoms with van der Waals surface area (Å²) in [5.41, 5.74) is -0.338. The molecule has 0 unspecified atom stereocenters. The second-order valence-corrected chi connectivity index (χ2v) is 6.09. The Balaban J connectivity index is 1.86. The minimum absolute atomic E-state index is 0.310. The van der Waals surface area contributed by atoms with Gasteiger partial charge in [0.25, 0.3) is 0 Å². The number of aromatic nitrogens is 1. The molecule has 5 nitrogen and oxygen atoms in total. The van der Waals surface area contributed by atoms with Gasteiger partial charge >= 0.3 is 6.09 Å². The van der Waals surface area contributed by atoms with E-state index in [9.17, 15) is 9.90 Å². The Hall–Kier alpha value is -1.62. The minimum atomic E-state index is -0.849. The first-order chi connectivity index (χ1) is 8.77. The molecule has 1 saturated heterocycles. The molecule has 1 aromatic rings. The van der Waals surface area contributed by atoms with E-state index in [4.69, 9.17) is 4.74 Å². The lowest BCUT2D eigenvalue weighted by atomic mass is 9.88. The molecule has 1 N–H and O–H groups in total. The number of nitrogens with zero attached hydrogens (tertiary/aromatic N) is 2. The van der Waals surface area contributed by atoms with Crippen molar-refractivity contribution in [1.82, 2.24) is 9.88 Å². The molecule has 1 fully saturated rings. The van der Waals surface area contributed by atoms with Gasteiger partial charge in [-0.05, 0) is 38.5 Å². The predicted molar refractivity (Wildman–Crippen MR) is 70.7 cm³/mol. The third-order valence-electron chi connectivity index (χ3n) is 2.90. The van der Waals surface area contributed by atoms with Crippen LogP contribution in [0.4, 0.5) is 4.79 Å². The number of rotatable bonds is 2. The number of hydrogen-bond acceptors (Lipinski definition) is 4. The molecule has 1 amide bonds. The van der Waals surface area contributed by atoms with Crippen LogP contribution in [0.3, 0.4) is 0 Å². The summed E-state index contributed by atoms with van der Waals surface area (Å²) in [6.07, 6.45) is 3.55. The van der Waals surface area contributed by atoms with Crippen molar-refractivity contribution in [2.75, 3.05) is 13.1 Å². The van der Waals surface area contributed by atoms with Gasteiger partial charge in [-0.3, -0.25) is 4.98 Å². The van der Waals surface area contributed by atoms with Crippen LogP contribution in [0.2, 0.25) is 0 Å². The van der Waals surface area contributed by atoms with Crippen LogP contribution in [-0.4, -0.2) is 45.4 Å². The second-order valence-electron chi connectivity index (χ2n) is 6.09. The largest absolute Gasteiger partial charge is 0.444 e. The number of carbonyl (C=O) groups excluding carboxylic acids is 1. The molecule has 1 aromatic heterocycles. The van der Waals surface area contributed by atoms with Gasteiger partial charge in [-0.1, -0.05) is 0 Å². The molecule has 5 heteroatoms. The standard InChI is InChI=1S/C14H20N2O3/c1-13(2,3)19-12(17)16-9-14(18,10-16)8-11-4-6-15-7-5-11/h4-7,18H,8-10H2,1-3H3. The Bertz CT molecular complexity index is 448. The third kappa shape index (κ3) is 3.67. The first-order valence-electron chi connectivity index (χ1n) is 6.37. The van der Waals surface area contributed by atoms with Gasteiger partial charge < -0.3 is 14.7 Å². The highest BCUT2D eigenvalue weighted by molar-refractivity contribution is 5.69. The maximum atomic E-state index is 11.8. The molecule has 0 spiro atoms. The van der Waals surface area contributed by atoms with Gasteiger partial charge in [0.15, 0.2) is 0 Å². The van der Waals surface area contributed by atoms with Gasteiger partial charge in [-0.2, -0.15) is 0 Å². The summed E-state index contributed by atoms with van der Waals surface area (Å²) in [6.45, 7) is 6.10. The van der Waals surface area contributed by atoms with Crippen LogP contribution in [0.25, 0.3) is 0 Å². The fourth-order valence-electron chi connectivity index (χ4n) is 2.11. The van der Waals surface area contributed by atoms with E-state index in [1.165, 1.54) is 4.90 Å². The van der Waals surface area contributed by atoms with Crippen LogP contribution in [-0.2, 0) is 11.2 Å². The van der Waals surface area contributed by atoms with Crippen LogP contribution in [0.15, 0.2) is 24.5 Å². The zero-order valence-electron chi connectivity index (χ0n) is 11.6. The summed E-state index contributed by atoms with van der Waals surface area (Å²) < 4.78 is 5.25. The van der Waals surface area contributed by atoms with E-state index in [0.717, 1.165) is 5.56 Å².